The highest BCUT2D eigenvalue weighted by Gasteiger charge is 2.38. The maximum atomic E-state index is 13.3. The molecule has 0 aliphatic rings. The molecule has 3 aromatic rings. The zero-order valence-electron chi connectivity index (χ0n) is 13.7. The van der Waals surface area contributed by atoms with Crippen LogP contribution in [0.5, 0.6) is 0 Å². The number of rotatable bonds is 2. The van der Waals surface area contributed by atoms with E-state index in [1.165, 1.54) is 0 Å². The number of benzene rings is 1. The second-order valence-electron chi connectivity index (χ2n) is 5.58. The predicted octanol–water partition coefficient (Wildman–Crippen LogP) is 6.40. The van der Waals surface area contributed by atoms with E-state index in [9.17, 15) is 31.6 Å². The molecular formula is C16H6Cl2F6N4S. The Kier molecular flexibility index (Phi) is 5.23. The van der Waals surface area contributed by atoms with Crippen LogP contribution in [0.3, 0.4) is 0 Å². The Morgan fingerprint density at radius 1 is 1.07 bits per heavy atom. The number of thiophene rings is 1. The standard InChI is InChI=1S/C16H6Cl2F6N4S/c17-8-3-6(15(19,20)21)4-9(18)12(8)28-14(26)11(10(5-25)27-28)7-1-2-29-13(7)16(22,23)24/h1-4H,26H2. The summed E-state index contributed by atoms with van der Waals surface area (Å²) in [5.41, 5.74) is 3.30. The molecule has 29 heavy (non-hydrogen) atoms. The van der Waals surface area contributed by atoms with Crippen LogP contribution in [-0.2, 0) is 12.4 Å². The summed E-state index contributed by atoms with van der Waals surface area (Å²) in [6.07, 6.45) is -9.45. The Bertz CT molecular complexity index is 1120. The molecule has 0 fully saturated rings. The van der Waals surface area contributed by atoms with Crippen LogP contribution in [0.25, 0.3) is 16.8 Å². The van der Waals surface area contributed by atoms with Crippen LogP contribution < -0.4 is 5.73 Å². The zero-order chi connectivity index (χ0) is 21.7. The normalized spacial score (nSPS) is 12.2. The Morgan fingerprint density at radius 2 is 1.66 bits per heavy atom. The van der Waals surface area contributed by atoms with Gasteiger partial charge in [-0.15, -0.1) is 11.3 Å². The predicted molar refractivity (Wildman–Crippen MR) is 96.0 cm³/mol. The largest absolute Gasteiger partial charge is 0.426 e. The second kappa shape index (κ2) is 7.12. The van der Waals surface area contributed by atoms with E-state index in [1.54, 1.807) is 6.07 Å². The van der Waals surface area contributed by atoms with Gasteiger partial charge in [-0.05, 0) is 23.6 Å². The van der Waals surface area contributed by atoms with Crippen LogP contribution >= 0.6 is 34.5 Å². The fraction of sp³-hybridized carbons (Fsp3) is 0.125. The van der Waals surface area contributed by atoms with Crippen molar-refractivity contribution >= 4 is 40.4 Å². The van der Waals surface area contributed by atoms with Crippen LogP contribution in [-0.4, -0.2) is 9.78 Å². The first-order valence-corrected chi connectivity index (χ1v) is 9.00. The highest BCUT2D eigenvalue weighted by molar-refractivity contribution is 7.10. The van der Waals surface area contributed by atoms with Gasteiger partial charge in [0.15, 0.2) is 5.69 Å². The van der Waals surface area contributed by atoms with Gasteiger partial charge in [0.25, 0.3) is 0 Å². The van der Waals surface area contributed by atoms with Gasteiger partial charge in [0, 0.05) is 5.56 Å². The Labute approximate surface area is 172 Å². The van der Waals surface area contributed by atoms with E-state index in [0.717, 1.165) is 16.1 Å². The first-order chi connectivity index (χ1) is 13.4. The maximum absolute atomic E-state index is 13.3. The smallest absolute Gasteiger partial charge is 0.383 e. The fourth-order valence-electron chi connectivity index (χ4n) is 2.60. The lowest BCUT2D eigenvalue weighted by Gasteiger charge is -2.13. The van der Waals surface area contributed by atoms with E-state index in [2.05, 4.69) is 5.10 Å². The monoisotopic (exact) mass is 470 g/mol. The molecule has 0 bridgehead atoms. The maximum Gasteiger partial charge on any atom is 0.426 e. The molecule has 0 saturated heterocycles. The number of alkyl halides is 6. The lowest BCUT2D eigenvalue weighted by atomic mass is 10.1. The minimum Gasteiger partial charge on any atom is -0.383 e. The van der Waals surface area contributed by atoms with Crippen molar-refractivity contribution in [1.29, 1.82) is 5.26 Å². The van der Waals surface area contributed by atoms with Crippen molar-refractivity contribution in [3.8, 4) is 22.9 Å². The van der Waals surface area contributed by atoms with Gasteiger partial charge < -0.3 is 5.73 Å². The zero-order valence-corrected chi connectivity index (χ0v) is 16.0. The molecule has 0 atom stereocenters. The van der Waals surface area contributed by atoms with Crippen molar-refractivity contribution in [3.05, 3.63) is 49.8 Å². The van der Waals surface area contributed by atoms with Crippen molar-refractivity contribution in [2.75, 3.05) is 5.73 Å². The minimum atomic E-state index is -4.73. The molecule has 2 aromatic heterocycles. The van der Waals surface area contributed by atoms with Crippen LogP contribution in [0.4, 0.5) is 32.2 Å². The van der Waals surface area contributed by atoms with E-state index < -0.39 is 44.4 Å². The summed E-state index contributed by atoms with van der Waals surface area (Å²) in [5, 5.41) is 13.3. The average Bonchev–Trinajstić information content (AvgIpc) is 3.18. The molecule has 1 aromatic carbocycles. The first-order valence-electron chi connectivity index (χ1n) is 7.36. The highest BCUT2D eigenvalue weighted by Crippen LogP contribution is 2.45. The summed E-state index contributed by atoms with van der Waals surface area (Å²) in [5.74, 6) is -0.436. The van der Waals surface area contributed by atoms with Gasteiger partial charge in [0.2, 0.25) is 0 Å². The molecule has 4 nitrogen and oxygen atoms in total. The molecule has 0 radical (unpaired) electrons. The molecule has 0 amide bonds. The molecule has 2 N–H and O–H groups in total. The SMILES string of the molecule is N#Cc1nn(-c2c(Cl)cc(C(F)(F)F)cc2Cl)c(N)c1-c1ccsc1C(F)(F)F. The van der Waals surface area contributed by atoms with Crippen molar-refractivity contribution in [2.24, 2.45) is 0 Å². The van der Waals surface area contributed by atoms with Gasteiger partial charge in [0.05, 0.1) is 21.2 Å². The van der Waals surface area contributed by atoms with Crippen molar-refractivity contribution in [3.63, 3.8) is 0 Å². The summed E-state index contributed by atoms with van der Waals surface area (Å²) in [6.45, 7) is 0. The van der Waals surface area contributed by atoms with Gasteiger partial charge in [-0.2, -0.15) is 36.7 Å². The highest BCUT2D eigenvalue weighted by atomic mass is 35.5. The molecular weight excluding hydrogens is 465 g/mol. The molecule has 0 unspecified atom stereocenters. The number of aromatic nitrogens is 2. The van der Waals surface area contributed by atoms with Crippen LogP contribution in [0.1, 0.15) is 16.1 Å². The lowest BCUT2D eigenvalue weighted by molar-refractivity contribution is -0.137. The van der Waals surface area contributed by atoms with Crippen molar-refractivity contribution in [1.82, 2.24) is 9.78 Å². The third-order valence-electron chi connectivity index (χ3n) is 3.78. The number of nitrogen functional groups attached to an aromatic ring is 1. The van der Waals surface area contributed by atoms with Crippen LogP contribution in [0.2, 0.25) is 10.0 Å². The molecule has 0 aliphatic heterocycles. The molecule has 13 heteroatoms. The fourth-order valence-corrected chi connectivity index (χ4v) is 4.02. The number of halogens is 8. The van der Waals surface area contributed by atoms with Crippen LogP contribution in [0, 0.1) is 11.3 Å². The van der Waals surface area contributed by atoms with E-state index in [4.69, 9.17) is 28.9 Å². The van der Waals surface area contributed by atoms with Gasteiger partial charge in [0.1, 0.15) is 22.5 Å². The molecule has 0 aliphatic carbocycles. The van der Waals surface area contributed by atoms with Crippen LogP contribution in [0.15, 0.2) is 23.6 Å². The number of hydrogen-bond donors (Lipinski definition) is 1. The molecule has 2 heterocycles. The number of anilines is 1. The number of nitrogens with zero attached hydrogens (tertiary/aromatic N) is 3. The Balaban J connectivity index is 2.27. The van der Waals surface area contributed by atoms with Crippen molar-refractivity contribution in [2.45, 2.75) is 12.4 Å². The number of nitrogens with two attached hydrogens (primary N) is 1. The Hall–Kier alpha value is -2.42. The topological polar surface area (TPSA) is 67.6 Å². The van der Waals surface area contributed by atoms with Gasteiger partial charge in [-0.1, -0.05) is 23.2 Å². The molecule has 3 rings (SSSR count). The summed E-state index contributed by atoms with van der Waals surface area (Å²) < 4.78 is 79.3. The summed E-state index contributed by atoms with van der Waals surface area (Å²) in [4.78, 5) is -1.01. The summed E-state index contributed by atoms with van der Waals surface area (Å²) in [6, 6.07) is 3.88. The Morgan fingerprint density at radius 3 is 2.14 bits per heavy atom. The van der Waals surface area contributed by atoms with Crippen molar-refractivity contribution < 1.29 is 26.3 Å². The van der Waals surface area contributed by atoms with E-state index in [0.29, 0.717) is 23.5 Å². The molecule has 152 valence electrons. The van der Waals surface area contributed by atoms with E-state index >= 15 is 0 Å². The average molecular weight is 471 g/mol. The van der Waals surface area contributed by atoms with Gasteiger partial charge in [-0.25, -0.2) is 4.68 Å². The first kappa shape index (κ1) is 21.3. The van der Waals surface area contributed by atoms with Gasteiger partial charge >= 0.3 is 12.4 Å². The number of hydrogen-bond acceptors (Lipinski definition) is 4. The second-order valence-corrected chi connectivity index (χ2v) is 7.31. The minimum absolute atomic E-state index is 0.301. The quantitative estimate of drug-likeness (QED) is 0.440. The third kappa shape index (κ3) is 3.75. The lowest BCUT2D eigenvalue weighted by Crippen LogP contribution is -2.09. The van der Waals surface area contributed by atoms with Gasteiger partial charge in [-0.3, -0.25) is 0 Å². The summed E-state index contributed by atoms with van der Waals surface area (Å²) in [7, 11) is 0. The third-order valence-corrected chi connectivity index (χ3v) is 5.31. The summed E-state index contributed by atoms with van der Waals surface area (Å²) >= 11 is 12.2. The molecule has 0 saturated carbocycles. The van der Waals surface area contributed by atoms with E-state index in [-0.39, 0.29) is 16.8 Å². The van der Waals surface area contributed by atoms with E-state index in [1.807, 2.05) is 0 Å². The molecule has 0 spiro atoms. The number of nitriles is 1.